The van der Waals surface area contributed by atoms with Gasteiger partial charge in [0.2, 0.25) is 11.0 Å². The van der Waals surface area contributed by atoms with E-state index in [1.807, 2.05) is 24.3 Å². The Morgan fingerprint density at radius 3 is 2.71 bits per heavy atom. The fourth-order valence-electron chi connectivity index (χ4n) is 3.22. The van der Waals surface area contributed by atoms with Gasteiger partial charge >= 0.3 is 5.69 Å². The van der Waals surface area contributed by atoms with E-state index < -0.39 is 17.2 Å². The van der Waals surface area contributed by atoms with Crippen LogP contribution in [0.2, 0.25) is 0 Å². The second-order valence-corrected chi connectivity index (χ2v) is 7.85. The Balaban J connectivity index is 1.50. The van der Waals surface area contributed by atoms with Gasteiger partial charge in [0.05, 0.1) is 13.4 Å². The van der Waals surface area contributed by atoms with Crippen LogP contribution >= 0.6 is 11.3 Å². The second-order valence-electron chi connectivity index (χ2n) is 6.79. The highest BCUT2D eigenvalue weighted by Crippen LogP contribution is 2.24. The number of anilines is 1. The highest BCUT2D eigenvalue weighted by atomic mass is 32.1. The molecule has 1 N–H and O–H groups in total. The Labute approximate surface area is 179 Å². The van der Waals surface area contributed by atoms with Crippen molar-refractivity contribution in [1.29, 1.82) is 0 Å². The first-order valence-electron chi connectivity index (χ1n) is 9.24. The van der Waals surface area contributed by atoms with Crippen molar-refractivity contribution in [2.75, 3.05) is 12.4 Å². The molecule has 12 heteroatoms. The normalized spacial score (nSPS) is 11.1. The van der Waals surface area contributed by atoms with E-state index in [9.17, 15) is 14.4 Å². The number of para-hydroxylation sites is 1. The van der Waals surface area contributed by atoms with E-state index in [2.05, 4.69) is 20.5 Å². The van der Waals surface area contributed by atoms with Crippen LogP contribution in [0.4, 0.5) is 5.13 Å². The fraction of sp³-hybridized carbons (Fsp3) is 0.263. The molecule has 1 aromatic carbocycles. The first-order valence-corrected chi connectivity index (χ1v) is 10.1. The van der Waals surface area contributed by atoms with Crippen LogP contribution in [-0.2, 0) is 31.9 Å². The number of rotatable bonds is 6. The van der Waals surface area contributed by atoms with Gasteiger partial charge in [0.1, 0.15) is 17.3 Å². The fourth-order valence-corrected chi connectivity index (χ4v) is 4.00. The number of hydrogen-bond donors (Lipinski definition) is 1. The molecule has 0 fully saturated rings. The van der Waals surface area contributed by atoms with Crippen LogP contribution in [0.5, 0.6) is 5.75 Å². The molecule has 0 unspecified atom stereocenters. The monoisotopic (exact) mass is 441 g/mol. The SMILES string of the molecule is COc1ccccc1Cc1nnc(NC(=O)Cn2cnc3c2c(=O)n(C)c(=O)n3C)s1. The van der Waals surface area contributed by atoms with Gasteiger partial charge in [-0.05, 0) is 6.07 Å². The Morgan fingerprint density at radius 2 is 1.94 bits per heavy atom. The van der Waals surface area contributed by atoms with Gasteiger partial charge in [0.25, 0.3) is 5.56 Å². The van der Waals surface area contributed by atoms with Crippen molar-refractivity contribution in [3.8, 4) is 5.75 Å². The Kier molecular flexibility index (Phi) is 5.38. The van der Waals surface area contributed by atoms with E-state index in [0.29, 0.717) is 11.6 Å². The van der Waals surface area contributed by atoms with Gasteiger partial charge < -0.3 is 9.30 Å². The van der Waals surface area contributed by atoms with Crippen LogP contribution < -0.4 is 21.3 Å². The first kappa shape index (κ1) is 20.5. The number of carbonyl (C=O) groups excluding carboxylic acids is 1. The Bertz CT molecular complexity index is 1400. The molecule has 11 nitrogen and oxygen atoms in total. The summed E-state index contributed by atoms with van der Waals surface area (Å²) in [6, 6.07) is 7.61. The van der Waals surface area contributed by atoms with Crippen LogP contribution in [0, 0.1) is 0 Å². The lowest BCUT2D eigenvalue weighted by molar-refractivity contribution is -0.116. The molecule has 0 aliphatic carbocycles. The van der Waals surface area contributed by atoms with Crippen LogP contribution in [0.25, 0.3) is 11.2 Å². The third-order valence-electron chi connectivity index (χ3n) is 4.78. The molecule has 3 aromatic heterocycles. The zero-order valence-corrected chi connectivity index (χ0v) is 17.8. The molecule has 0 atom stereocenters. The number of nitrogens with one attached hydrogen (secondary N) is 1. The molecular formula is C19H19N7O4S. The molecule has 31 heavy (non-hydrogen) atoms. The van der Waals surface area contributed by atoms with Gasteiger partial charge in [0.15, 0.2) is 11.2 Å². The van der Waals surface area contributed by atoms with Gasteiger partial charge in [-0.3, -0.25) is 24.0 Å². The number of methoxy groups -OCH3 is 1. The average molecular weight is 441 g/mol. The lowest BCUT2D eigenvalue weighted by Crippen LogP contribution is -2.37. The molecule has 0 radical (unpaired) electrons. The van der Waals surface area contributed by atoms with E-state index in [1.54, 1.807) is 7.11 Å². The Hall–Kier alpha value is -3.80. The number of aryl methyl sites for hydroxylation is 1. The van der Waals surface area contributed by atoms with E-state index >= 15 is 0 Å². The number of ether oxygens (including phenoxy) is 1. The van der Waals surface area contributed by atoms with Crippen molar-refractivity contribution in [3.63, 3.8) is 0 Å². The summed E-state index contributed by atoms with van der Waals surface area (Å²) in [5.41, 5.74) is 0.359. The minimum Gasteiger partial charge on any atom is -0.496 e. The van der Waals surface area contributed by atoms with Crippen molar-refractivity contribution in [2.24, 2.45) is 14.1 Å². The number of amides is 1. The highest BCUT2D eigenvalue weighted by Gasteiger charge is 2.17. The summed E-state index contributed by atoms with van der Waals surface area (Å²) in [5.74, 6) is 0.362. The van der Waals surface area contributed by atoms with Crippen molar-refractivity contribution in [1.82, 2.24) is 28.9 Å². The van der Waals surface area contributed by atoms with Crippen LogP contribution in [0.1, 0.15) is 10.6 Å². The lowest BCUT2D eigenvalue weighted by atomic mass is 10.1. The maximum atomic E-state index is 12.5. The third-order valence-corrected chi connectivity index (χ3v) is 5.62. The van der Waals surface area contributed by atoms with Gasteiger partial charge in [-0.1, -0.05) is 29.5 Å². The van der Waals surface area contributed by atoms with Gasteiger partial charge in [-0.25, -0.2) is 9.78 Å². The molecule has 3 heterocycles. The third kappa shape index (κ3) is 3.84. The Morgan fingerprint density at radius 1 is 1.16 bits per heavy atom. The molecule has 0 aliphatic rings. The predicted molar refractivity (Wildman–Crippen MR) is 115 cm³/mol. The van der Waals surface area contributed by atoms with E-state index in [4.69, 9.17) is 4.74 Å². The summed E-state index contributed by atoms with van der Waals surface area (Å²) < 4.78 is 9.00. The minimum absolute atomic E-state index is 0.161. The summed E-state index contributed by atoms with van der Waals surface area (Å²) in [4.78, 5) is 41.1. The zero-order chi connectivity index (χ0) is 22.1. The number of imidazole rings is 1. The summed E-state index contributed by atoms with van der Waals surface area (Å²) in [7, 11) is 4.51. The number of benzene rings is 1. The standard InChI is InChI=1S/C19H19N7O4S/c1-24-16-15(17(28)25(2)19(24)29)26(10-20-16)9-13(27)21-18-23-22-14(31-18)8-11-6-4-5-7-12(11)30-3/h4-7,10H,8-9H2,1-3H3,(H,21,23,27). The van der Waals surface area contributed by atoms with Gasteiger partial charge in [-0.2, -0.15) is 0 Å². The first-order chi connectivity index (χ1) is 14.9. The number of aromatic nitrogens is 6. The van der Waals surface area contributed by atoms with Crippen molar-refractivity contribution >= 4 is 33.5 Å². The minimum atomic E-state index is -0.515. The van der Waals surface area contributed by atoms with Crippen LogP contribution in [0.3, 0.4) is 0 Å². The van der Waals surface area contributed by atoms with Crippen molar-refractivity contribution in [2.45, 2.75) is 13.0 Å². The van der Waals surface area contributed by atoms with E-state index in [0.717, 1.165) is 20.9 Å². The number of fused-ring (bicyclic) bond motifs is 1. The summed E-state index contributed by atoms with van der Waals surface area (Å²) in [5, 5.41) is 11.9. The zero-order valence-electron chi connectivity index (χ0n) is 17.0. The van der Waals surface area contributed by atoms with Gasteiger partial charge in [-0.15, -0.1) is 10.2 Å². The van der Waals surface area contributed by atoms with Crippen molar-refractivity contribution < 1.29 is 9.53 Å². The maximum Gasteiger partial charge on any atom is 0.332 e. The summed E-state index contributed by atoms with van der Waals surface area (Å²) in [6.45, 7) is -0.161. The van der Waals surface area contributed by atoms with Crippen LogP contribution in [-0.4, -0.2) is 41.9 Å². The maximum absolute atomic E-state index is 12.5. The topological polar surface area (TPSA) is 126 Å². The molecule has 1 amide bonds. The van der Waals surface area contributed by atoms with E-state index in [1.165, 1.54) is 40.9 Å². The highest BCUT2D eigenvalue weighted by molar-refractivity contribution is 7.15. The van der Waals surface area contributed by atoms with Crippen molar-refractivity contribution in [3.05, 3.63) is 62.0 Å². The summed E-state index contributed by atoms with van der Waals surface area (Å²) >= 11 is 1.26. The molecule has 0 saturated heterocycles. The average Bonchev–Trinajstić information content (AvgIpc) is 3.38. The second kappa shape index (κ2) is 8.14. The van der Waals surface area contributed by atoms with Crippen LogP contribution in [0.15, 0.2) is 40.2 Å². The lowest BCUT2D eigenvalue weighted by Gasteiger charge is -2.06. The number of carbonyl (C=O) groups is 1. The largest absolute Gasteiger partial charge is 0.496 e. The van der Waals surface area contributed by atoms with E-state index in [-0.39, 0.29) is 17.7 Å². The van der Waals surface area contributed by atoms with Gasteiger partial charge in [0, 0.05) is 26.1 Å². The molecule has 4 aromatic rings. The molecular weight excluding hydrogens is 422 g/mol. The quantitative estimate of drug-likeness (QED) is 0.462. The summed E-state index contributed by atoms with van der Waals surface area (Å²) in [6.07, 6.45) is 1.88. The molecule has 160 valence electrons. The predicted octanol–water partition coefficient (Wildman–Crippen LogP) is 0.523. The molecule has 4 rings (SSSR count). The molecule has 0 aliphatic heterocycles. The molecule has 0 saturated carbocycles. The number of nitrogens with zero attached hydrogens (tertiary/aromatic N) is 6. The number of hydrogen-bond acceptors (Lipinski definition) is 8. The molecule has 0 spiro atoms. The smallest absolute Gasteiger partial charge is 0.332 e. The molecule has 0 bridgehead atoms.